The standard InChI is InChI=1S/C19H20ClN3O2/c1-3-22-16-10-6-7-11-17(16)23(19(22)25)13-18(24)21(2)12-14-8-4-5-9-15(14)20/h4-11H,3,12-13H2,1-2H3. The number of nitrogens with zero attached hydrogens (tertiary/aromatic N) is 3. The lowest BCUT2D eigenvalue weighted by atomic mass is 10.2. The number of carbonyl (C=O) groups is 1. The highest BCUT2D eigenvalue weighted by Crippen LogP contribution is 2.17. The lowest BCUT2D eigenvalue weighted by Crippen LogP contribution is -2.34. The molecule has 25 heavy (non-hydrogen) atoms. The van der Waals surface area contributed by atoms with Crippen LogP contribution >= 0.6 is 11.6 Å². The number of benzene rings is 2. The first-order chi connectivity index (χ1) is 12.0. The maximum absolute atomic E-state index is 12.6. The molecule has 0 fully saturated rings. The van der Waals surface area contributed by atoms with E-state index < -0.39 is 0 Å². The van der Waals surface area contributed by atoms with Crippen LogP contribution in [0, 0.1) is 0 Å². The number of para-hydroxylation sites is 2. The van der Waals surface area contributed by atoms with Crippen LogP contribution in [0.5, 0.6) is 0 Å². The van der Waals surface area contributed by atoms with E-state index in [1.165, 1.54) is 4.57 Å². The van der Waals surface area contributed by atoms with Crippen LogP contribution in [0.2, 0.25) is 5.02 Å². The van der Waals surface area contributed by atoms with Crippen LogP contribution in [0.1, 0.15) is 12.5 Å². The normalized spacial score (nSPS) is 11.0. The Morgan fingerprint density at radius 3 is 2.28 bits per heavy atom. The van der Waals surface area contributed by atoms with Gasteiger partial charge in [0.05, 0.1) is 11.0 Å². The molecule has 0 unspecified atom stereocenters. The molecule has 1 aromatic heterocycles. The van der Waals surface area contributed by atoms with Gasteiger partial charge in [0.25, 0.3) is 0 Å². The molecule has 0 saturated carbocycles. The van der Waals surface area contributed by atoms with Gasteiger partial charge in [-0.05, 0) is 30.7 Å². The number of likely N-dealkylation sites (N-methyl/N-ethyl adjacent to an activating group) is 1. The summed E-state index contributed by atoms with van der Waals surface area (Å²) in [6.07, 6.45) is 0. The minimum atomic E-state index is -0.164. The van der Waals surface area contributed by atoms with Crippen molar-refractivity contribution >= 4 is 28.5 Å². The Balaban J connectivity index is 1.86. The molecule has 1 heterocycles. The van der Waals surface area contributed by atoms with Crippen LogP contribution in [-0.2, 0) is 24.4 Å². The third kappa shape index (κ3) is 3.33. The summed E-state index contributed by atoms with van der Waals surface area (Å²) in [5.74, 6) is -0.138. The van der Waals surface area contributed by atoms with Crippen molar-refractivity contribution in [2.75, 3.05) is 7.05 Å². The number of rotatable bonds is 5. The fourth-order valence-electron chi connectivity index (χ4n) is 2.96. The van der Waals surface area contributed by atoms with E-state index in [9.17, 15) is 9.59 Å². The molecule has 3 aromatic rings. The molecule has 0 spiro atoms. The van der Waals surface area contributed by atoms with Crippen molar-refractivity contribution in [3.8, 4) is 0 Å². The summed E-state index contributed by atoms with van der Waals surface area (Å²) in [7, 11) is 1.72. The van der Waals surface area contributed by atoms with Crippen molar-refractivity contribution in [2.24, 2.45) is 0 Å². The van der Waals surface area contributed by atoms with Crippen LogP contribution in [-0.4, -0.2) is 27.0 Å². The van der Waals surface area contributed by atoms with Gasteiger partial charge in [0.15, 0.2) is 0 Å². The molecule has 0 aliphatic carbocycles. The largest absolute Gasteiger partial charge is 0.340 e. The lowest BCUT2D eigenvalue weighted by Gasteiger charge is -2.18. The van der Waals surface area contributed by atoms with Gasteiger partial charge in [-0.3, -0.25) is 13.9 Å². The number of halogens is 1. The monoisotopic (exact) mass is 357 g/mol. The number of fused-ring (bicyclic) bond motifs is 1. The molecule has 0 radical (unpaired) electrons. The van der Waals surface area contributed by atoms with E-state index in [4.69, 9.17) is 11.6 Å². The van der Waals surface area contributed by atoms with Gasteiger partial charge in [0.1, 0.15) is 6.54 Å². The summed E-state index contributed by atoms with van der Waals surface area (Å²) in [6.45, 7) is 2.90. The second-order valence-corrected chi connectivity index (χ2v) is 6.35. The van der Waals surface area contributed by atoms with Crippen molar-refractivity contribution < 1.29 is 4.79 Å². The SMILES string of the molecule is CCn1c(=O)n(CC(=O)N(C)Cc2ccccc2Cl)c2ccccc21. The van der Waals surface area contributed by atoms with E-state index in [2.05, 4.69) is 0 Å². The molecular weight excluding hydrogens is 338 g/mol. The van der Waals surface area contributed by atoms with Crippen molar-refractivity contribution in [3.05, 3.63) is 69.6 Å². The van der Waals surface area contributed by atoms with E-state index in [0.717, 1.165) is 16.6 Å². The smallest absolute Gasteiger partial charge is 0.329 e. The van der Waals surface area contributed by atoms with Crippen LogP contribution in [0.15, 0.2) is 53.3 Å². The van der Waals surface area contributed by atoms with Crippen LogP contribution in [0.25, 0.3) is 11.0 Å². The zero-order chi connectivity index (χ0) is 18.0. The van der Waals surface area contributed by atoms with Gasteiger partial charge >= 0.3 is 5.69 Å². The summed E-state index contributed by atoms with van der Waals surface area (Å²) in [4.78, 5) is 26.8. The molecule has 0 N–H and O–H groups in total. The molecule has 130 valence electrons. The minimum Gasteiger partial charge on any atom is -0.340 e. The van der Waals surface area contributed by atoms with Gasteiger partial charge in [-0.25, -0.2) is 4.79 Å². The fraction of sp³-hybridized carbons (Fsp3) is 0.263. The summed E-state index contributed by atoms with van der Waals surface area (Å²) in [6, 6.07) is 15.0. The molecule has 0 bridgehead atoms. The Morgan fingerprint density at radius 2 is 1.64 bits per heavy atom. The third-order valence-corrected chi connectivity index (χ3v) is 4.69. The molecule has 5 nitrogen and oxygen atoms in total. The summed E-state index contributed by atoms with van der Waals surface area (Å²) >= 11 is 6.16. The third-order valence-electron chi connectivity index (χ3n) is 4.33. The fourth-order valence-corrected chi connectivity index (χ4v) is 3.15. The van der Waals surface area contributed by atoms with Gasteiger partial charge in [-0.15, -0.1) is 0 Å². The first-order valence-electron chi connectivity index (χ1n) is 8.18. The molecular formula is C19H20ClN3O2. The number of amides is 1. The van der Waals surface area contributed by atoms with Crippen molar-refractivity contribution in [1.82, 2.24) is 14.0 Å². The predicted octanol–water partition coefficient (Wildman–Crippen LogP) is 3.13. The highest BCUT2D eigenvalue weighted by atomic mass is 35.5. The first kappa shape index (κ1) is 17.3. The van der Waals surface area contributed by atoms with E-state index >= 15 is 0 Å². The second kappa shape index (κ2) is 7.15. The Hall–Kier alpha value is -2.53. The van der Waals surface area contributed by atoms with Crippen LogP contribution in [0.4, 0.5) is 0 Å². The number of hydrogen-bond acceptors (Lipinski definition) is 2. The van der Waals surface area contributed by atoms with Crippen molar-refractivity contribution in [2.45, 2.75) is 26.6 Å². The molecule has 6 heteroatoms. The Labute approximate surface area is 151 Å². The molecule has 0 saturated heterocycles. The Bertz CT molecular complexity index is 974. The molecule has 0 atom stereocenters. The molecule has 1 amide bonds. The summed E-state index contributed by atoms with van der Waals surface area (Å²) in [5, 5.41) is 0.627. The van der Waals surface area contributed by atoms with Crippen molar-refractivity contribution in [3.63, 3.8) is 0 Å². The lowest BCUT2D eigenvalue weighted by molar-refractivity contribution is -0.131. The topological polar surface area (TPSA) is 47.2 Å². The average molecular weight is 358 g/mol. The zero-order valence-electron chi connectivity index (χ0n) is 14.3. The van der Waals surface area contributed by atoms with E-state index in [1.807, 2.05) is 49.4 Å². The molecule has 0 aliphatic rings. The van der Waals surface area contributed by atoms with Gasteiger partial charge in [0, 0.05) is 25.2 Å². The van der Waals surface area contributed by atoms with Gasteiger partial charge in [-0.1, -0.05) is 41.9 Å². The first-order valence-corrected chi connectivity index (χ1v) is 8.56. The molecule has 3 rings (SSSR count). The summed E-state index contributed by atoms with van der Waals surface area (Å²) in [5.41, 5.74) is 2.33. The maximum Gasteiger partial charge on any atom is 0.329 e. The van der Waals surface area contributed by atoms with Crippen LogP contribution < -0.4 is 5.69 Å². The van der Waals surface area contributed by atoms with Gasteiger partial charge in [0.2, 0.25) is 5.91 Å². The maximum atomic E-state index is 12.6. The number of aromatic nitrogens is 2. The predicted molar refractivity (Wildman–Crippen MR) is 99.8 cm³/mol. The average Bonchev–Trinajstić information content (AvgIpc) is 2.88. The Kier molecular flexibility index (Phi) is 4.95. The minimum absolute atomic E-state index is 0.00724. The van der Waals surface area contributed by atoms with E-state index in [0.29, 0.717) is 18.1 Å². The van der Waals surface area contributed by atoms with Gasteiger partial charge in [-0.2, -0.15) is 0 Å². The van der Waals surface area contributed by atoms with Crippen molar-refractivity contribution in [1.29, 1.82) is 0 Å². The number of hydrogen-bond donors (Lipinski definition) is 0. The number of carbonyl (C=O) groups excluding carboxylic acids is 1. The summed E-state index contributed by atoms with van der Waals surface area (Å²) < 4.78 is 3.21. The van der Waals surface area contributed by atoms with E-state index in [1.54, 1.807) is 22.6 Å². The molecule has 2 aromatic carbocycles. The Morgan fingerprint density at radius 1 is 1.04 bits per heavy atom. The quantitative estimate of drug-likeness (QED) is 0.704. The number of imidazole rings is 1. The van der Waals surface area contributed by atoms with Crippen LogP contribution in [0.3, 0.4) is 0 Å². The highest BCUT2D eigenvalue weighted by molar-refractivity contribution is 6.31. The van der Waals surface area contributed by atoms with Gasteiger partial charge < -0.3 is 4.90 Å². The van der Waals surface area contributed by atoms with E-state index in [-0.39, 0.29) is 18.1 Å². The zero-order valence-corrected chi connectivity index (χ0v) is 15.0. The highest BCUT2D eigenvalue weighted by Gasteiger charge is 2.17. The number of aryl methyl sites for hydroxylation is 1. The second-order valence-electron chi connectivity index (χ2n) is 5.94. The molecule has 0 aliphatic heterocycles.